The first-order valence-corrected chi connectivity index (χ1v) is 10.2. The number of rotatable bonds is 11. The van der Waals surface area contributed by atoms with E-state index in [0.29, 0.717) is 38.0 Å². The number of ether oxygens (including phenoxy) is 2. The van der Waals surface area contributed by atoms with Crippen molar-refractivity contribution in [2.24, 2.45) is 0 Å². The minimum atomic E-state index is -0.714. The number of carbonyl (C=O) groups excluding carboxylic acids is 1. The molecule has 0 radical (unpaired) electrons. The van der Waals surface area contributed by atoms with Crippen molar-refractivity contribution in [2.75, 3.05) is 6.61 Å². The Bertz CT molecular complexity index is 762. The highest BCUT2D eigenvalue weighted by atomic mass is 16.5. The lowest BCUT2D eigenvalue weighted by molar-refractivity contribution is 0.00934. The molecule has 2 aromatic carbocycles. The molecular weight excluding hydrogens is 364 g/mol. The van der Waals surface area contributed by atoms with E-state index in [-0.39, 0.29) is 12.1 Å². The van der Waals surface area contributed by atoms with E-state index in [4.69, 9.17) is 9.47 Å². The summed E-state index contributed by atoms with van der Waals surface area (Å²) in [5, 5.41) is 10.2. The highest BCUT2D eigenvalue weighted by Gasteiger charge is 2.13. The third-order valence-corrected chi connectivity index (χ3v) is 4.38. The fourth-order valence-electron chi connectivity index (χ4n) is 2.86. The van der Waals surface area contributed by atoms with Crippen molar-refractivity contribution in [3.05, 3.63) is 71.8 Å². The summed E-state index contributed by atoms with van der Waals surface area (Å²) >= 11 is 0. The first kappa shape index (κ1) is 22.7. The molecule has 0 aliphatic rings. The molecule has 29 heavy (non-hydrogen) atoms. The molecular formula is C25H30O4. The van der Waals surface area contributed by atoms with Crippen LogP contribution in [-0.2, 0) is 16.1 Å². The number of aliphatic hydroxyl groups excluding tert-OH is 1. The topological polar surface area (TPSA) is 55.8 Å². The van der Waals surface area contributed by atoms with E-state index in [2.05, 4.69) is 18.8 Å². The Morgan fingerprint density at radius 1 is 1.07 bits per heavy atom. The van der Waals surface area contributed by atoms with E-state index in [1.54, 1.807) is 24.3 Å². The minimum absolute atomic E-state index is 0.0173. The largest absolute Gasteiger partial charge is 0.462 e. The third kappa shape index (κ3) is 9.43. The first-order valence-electron chi connectivity index (χ1n) is 10.2. The monoisotopic (exact) mass is 394 g/mol. The van der Waals surface area contributed by atoms with Crippen LogP contribution in [0.1, 0.15) is 54.9 Å². The molecule has 0 heterocycles. The Hall–Kier alpha value is -2.61. The summed E-state index contributed by atoms with van der Waals surface area (Å²) < 4.78 is 11.2. The molecule has 154 valence electrons. The number of unbranched alkanes of at least 4 members (excludes halogenated alkanes) is 1. The van der Waals surface area contributed by atoms with Crippen molar-refractivity contribution in [3.63, 3.8) is 0 Å². The van der Waals surface area contributed by atoms with Gasteiger partial charge in [-0.3, -0.25) is 0 Å². The maximum atomic E-state index is 11.8. The summed E-state index contributed by atoms with van der Waals surface area (Å²) in [6, 6.07) is 18.9. The van der Waals surface area contributed by atoms with Gasteiger partial charge in [0.05, 0.1) is 24.9 Å². The van der Waals surface area contributed by atoms with Gasteiger partial charge in [0.25, 0.3) is 0 Å². The van der Waals surface area contributed by atoms with Gasteiger partial charge in [0.1, 0.15) is 6.10 Å². The van der Waals surface area contributed by atoms with Crippen molar-refractivity contribution >= 4 is 5.97 Å². The number of hydrogen-bond donors (Lipinski definition) is 1. The van der Waals surface area contributed by atoms with E-state index < -0.39 is 6.10 Å². The van der Waals surface area contributed by atoms with Gasteiger partial charge in [-0.15, -0.1) is 5.92 Å². The van der Waals surface area contributed by atoms with Gasteiger partial charge in [0, 0.05) is 12.8 Å². The molecule has 2 atom stereocenters. The molecule has 2 rings (SSSR count). The van der Waals surface area contributed by atoms with Crippen LogP contribution in [0.25, 0.3) is 0 Å². The summed E-state index contributed by atoms with van der Waals surface area (Å²) in [7, 11) is 0. The van der Waals surface area contributed by atoms with Gasteiger partial charge in [-0.25, -0.2) is 4.79 Å². The molecule has 0 saturated heterocycles. The van der Waals surface area contributed by atoms with Crippen molar-refractivity contribution < 1.29 is 19.4 Å². The SMILES string of the molecule is CCC[C@@H](CC(O)C#CCCCOC(=O)c1ccccc1)OCc1ccccc1. The molecule has 0 bridgehead atoms. The van der Waals surface area contributed by atoms with Gasteiger partial charge >= 0.3 is 5.97 Å². The maximum absolute atomic E-state index is 11.8. The molecule has 1 N–H and O–H groups in total. The van der Waals surface area contributed by atoms with Gasteiger partial charge < -0.3 is 14.6 Å². The van der Waals surface area contributed by atoms with Crippen LogP contribution in [-0.4, -0.2) is 29.9 Å². The highest BCUT2D eigenvalue weighted by molar-refractivity contribution is 5.89. The molecule has 0 aromatic heterocycles. The van der Waals surface area contributed by atoms with Crippen LogP contribution in [0.3, 0.4) is 0 Å². The fraction of sp³-hybridized carbons (Fsp3) is 0.400. The Kier molecular flexibility index (Phi) is 10.6. The second-order valence-electron chi connectivity index (χ2n) is 6.89. The predicted molar refractivity (Wildman–Crippen MR) is 114 cm³/mol. The lowest BCUT2D eigenvalue weighted by atomic mass is 10.1. The van der Waals surface area contributed by atoms with E-state index >= 15 is 0 Å². The van der Waals surface area contributed by atoms with Gasteiger partial charge in [-0.2, -0.15) is 0 Å². The molecule has 0 amide bonds. The second-order valence-corrected chi connectivity index (χ2v) is 6.89. The van der Waals surface area contributed by atoms with E-state index in [1.165, 1.54) is 0 Å². The number of hydrogen-bond acceptors (Lipinski definition) is 4. The quantitative estimate of drug-likeness (QED) is 0.339. The van der Waals surface area contributed by atoms with Crippen LogP contribution in [0.2, 0.25) is 0 Å². The Labute approximate surface area is 173 Å². The maximum Gasteiger partial charge on any atom is 0.338 e. The molecule has 0 saturated carbocycles. The van der Waals surface area contributed by atoms with Crippen LogP contribution >= 0.6 is 0 Å². The average Bonchev–Trinajstić information content (AvgIpc) is 2.76. The van der Waals surface area contributed by atoms with Crippen molar-refractivity contribution in [1.82, 2.24) is 0 Å². The Morgan fingerprint density at radius 2 is 1.76 bits per heavy atom. The third-order valence-electron chi connectivity index (χ3n) is 4.38. The zero-order chi connectivity index (χ0) is 20.7. The summed E-state index contributed by atoms with van der Waals surface area (Å²) in [6.45, 7) is 2.96. The lowest BCUT2D eigenvalue weighted by Crippen LogP contribution is -2.20. The zero-order valence-electron chi connectivity index (χ0n) is 17.0. The van der Waals surface area contributed by atoms with E-state index in [9.17, 15) is 9.90 Å². The summed E-state index contributed by atoms with van der Waals surface area (Å²) in [5.41, 5.74) is 1.67. The summed E-state index contributed by atoms with van der Waals surface area (Å²) in [4.78, 5) is 11.8. The van der Waals surface area contributed by atoms with Gasteiger partial charge in [0.15, 0.2) is 0 Å². The second kappa shape index (κ2) is 13.5. The van der Waals surface area contributed by atoms with Crippen LogP contribution in [0, 0.1) is 11.8 Å². The molecule has 0 spiro atoms. The lowest BCUT2D eigenvalue weighted by Gasteiger charge is -2.18. The smallest absolute Gasteiger partial charge is 0.338 e. The van der Waals surface area contributed by atoms with Crippen LogP contribution in [0.4, 0.5) is 0 Å². The Morgan fingerprint density at radius 3 is 2.45 bits per heavy atom. The Balaban J connectivity index is 1.65. The molecule has 4 nitrogen and oxygen atoms in total. The summed E-state index contributed by atoms with van der Waals surface area (Å²) in [5.74, 6) is 5.53. The van der Waals surface area contributed by atoms with E-state index in [0.717, 1.165) is 18.4 Å². The molecule has 4 heteroatoms. The number of carbonyl (C=O) groups is 1. The predicted octanol–water partition coefficient (Wildman–Crippen LogP) is 4.76. The molecule has 0 aliphatic heterocycles. The van der Waals surface area contributed by atoms with Crippen LogP contribution in [0.5, 0.6) is 0 Å². The van der Waals surface area contributed by atoms with Crippen molar-refractivity contribution in [1.29, 1.82) is 0 Å². The van der Waals surface area contributed by atoms with Gasteiger partial charge in [-0.1, -0.05) is 67.8 Å². The number of aliphatic hydroxyl groups is 1. The normalized spacial score (nSPS) is 12.5. The molecule has 0 aliphatic carbocycles. The average molecular weight is 395 g/mol. The number of esters is 1. The standard InChI is InChI=1S/C25H30O4/c1-2-12-24(29-20-21-13-6-3-7-14-21)19-23(26)17-10-5-11-18-28-25(27)22-15-8-4-9-16-22/h3-4,6-9,13-16,23-24,26H,2,5,11-12,18-20H2,1H3/t23?,24-/m0/s1. The summed E-state index contributed by atoms with van der Waals surface area (Å²) in [6.07, 6.45) is 2.86. The van der Waals surface area contributed by atoms with Crippen LogP contribution < -0.4 is 0 Å². The van der Waals surface area contributed by atoms with E-state index in [1.807, 2.05) is 36.4 Å². The molecule has 2 aromatic rings. The fourth-order valence-corrected chi connectivity index (χ4v) is 2.86. The zero-order valence-corrected chi connectivity index (χ0v) is 17.0. The molecule has 0 fully saturated rings. The van der Waals surface area contributed by atoms with Crippen molar-refractivity contribution in [2.45, 2.75) is 57.8 Å². The first-order chi connectivity index (χ1) is 14.2. The number of benzene rings is 2. The van der Waals surface area contributed by atoms with Gasteiger partial charge in [-0.05, 0) is 30.5 Å². The minimum Gasteiger partial charge on any atom is -0.462 e. The van der Waals surface area contributed by atoms with Crippen LogP contribution in [0.15, 0.2) is 60.7 Å². The highest BCUT2D eigenvalue weighted by Crippen LogP contribution is 2.13. The molecule has 1 unspecified atom stereocenters. The van der Waals surface area contributed by atoms with Crippen molar-refractivity contribution in [3.8, 4) is 11.8 Å². The van der Waals surface area contributed by atoms with Gasteiger partial charge in [0.2, 0.25) is 0 Å².